The van der Waals surface area contributed by atoms with Crippen LogP contribution in [0.1, 0.15) is 33.6 Å². The summed E-state index contributed by atoms with van der Waals surface area (Å²) >= 11 is 0. The van der Waals surface area contributed by atoms with E-state index >= 15 is 0 Å². The van der Waals surface area contributed by atoms with Crippen molar-refractivity contribution in [3.05, 3.63) is 12.2 Å². The van der Waals surface area contributed by atoms with E-state index in [4.69, 9.17) is 5.84 Å². The molecular weight excluding hydrogens is 124 g/mol. The third-order valence-electron chi connectivity index (χ3n) is 2.03. The second-order valence-corrected chi connectivity index (χ2v) is 2.51. The zero-order chi connectivity index (χ0) is 8.04. The molecule has 0 aromatic carbocycles. The Labute approximate surface area is 63.5 Å². The molecule has 0 spiro atoms. The molecule has 0 aliphatic heterocycles. The maximum Gasteiger partial charge on any atom is 0.0495 e. The molecule has 0 radical (unpaired) electrons. The fraction of sp³-hybridized carbons (Fsp3) is 0.750. The zero-order valence-electron chi connectivity index (χ0n) is 7.15. The van der Waals surface area contributed by atoms with Crippen molar-refractivity contribution in [1.82, 2.24) is 5.43 Å². The first kappa shape index (κ1) is 9.66. The number of rotatable bonds is 4. The summed E-state index contributed by atoms with van der Waals surface area (Å²) in [5.74, 6) is 5.41. The zero-order valence-corrected chi connectivity index (χ0v) is 7.15. The van der Waals surface area contributed by atoms with E-state index < -0.39 is 0 Å². The molecule has 0 saturated heterocycles. The number of hydrogen-bond donors (Lipinski definition) is 2. The van der Waals surface area contributed by atoms with E-state index in [1.165, 1.54) is 0 Å². The Hall–Kier alpha value is -0.340. The first-order chi connectivity index (χ1) is 4.74. The van der Waals surface area contributed by atoms with Gasteiger partial charge in [0.05, 0.1) is 0 Å². The molecule has 2 heteroatoms. The van der Waals surface area contributed by atoms with Crippen LogP contribution in [0.25, 0.3) is 0 Å². The van der Waals surface area contributed by atoms with Crippen LogP contribution < -0.4 is 11.3 Å². The Balaban J connectivity index is 4.15. The predicted molar refractivity (Wildman–Crippen MR) is 45.5 cm³/mol. The molecule has 0 unspecified atom stereocenters. The van der Waals surface area contributed by atoms with Gasteiger partial charge in [-0.15, -0.1) is 0 Å². The smallest absolute Gasteiger partial charge is 0.0495 e. The van der Waals surface area contributed by atoms with E-state index in [2.05, 4.69) is 25.3 Å². The highest BCUT2D eigenvalue weighted by atomic mass is 15.3. The van der Waals surface area contributed by atoms with Gasteiger partial charge in [-0.2, -0.15) is 0 Å². The average Bonchev–Trinajstić information content (AvgIpc) is 2.01. The summed E-state index contributed by atoms with van der Waals surface area (Å²) < 4.78 is 0. The Bertz CT molecular complexity index is 95.6. The highest BCUT2D eigenvalue weighted by Gasteiger charge is 2.19. The van der Waals surface area contributed by atoms with Crippen molar-refractivity contribution >= 4 is 0 Å². The second-order valence-electron chi connectivity index (χ2n) is 2.51. The van der Waals surface area contributed by atoms with Gasteiger partial charge < -0.3 is 0 Å². The summed E-state index contributed by atoms with van der Waals surface area (Å²) in [6.45, 7) is 6.27. The van der Waals surface area contributed by atoms with E-state index in [0.29, 0.717) is 0 Å². The molecule has 0 rings (SSSR count). The fourth-order valence-corrected chi connectivity index (χ4v) is 1.06. The van der Waals surface area contributed by atoms with Gasteiger partial charge in [-0.05, 0) is 19.8 Å². The SMILES string of the molecule is CC=CC(CC)(CC)NN. The number of hydrazine groups is 1. The normalized spacial score (nSPS) is 12.8. The molecule has 2 nitrogen and oxygen atoms in total. The van der Waals surface area contributed by atoms with E-state index in [0.717, 1.165) is 12.8 Å². The minimum absolute atomic E-state index is 0.0226. The number of nitrogens with two attached hydrogens (primary N) is 1. The van der Waals surface area contributed by atoms with Gasteiger partial charge in [0.2, 0.25) is 0 Å². The minimum Gasteiger partial charge on any atom is -0.271 e. The van der Waals surface area contributed by atoms with E-state index in [9.17, 15) is 0 Å². The standard InChI is InChI=1S/C8H18N2/c1-4-7-8(5-2,6-3)10-9/h4,7,10H,5-6,9H2,1-3H3. The quantitative estimate of drug-likeness (QED) is 0.355. The van der Waals surface area contributed by atoms with Gasteiger partial charge in [-0.1, -0.05) is 26.0 Å². The van der Waals surface area contributed by atoms with Crippen molar-refractivity contribution in [2.45, 2.75) is 39.2 Å². The van der Waals surface area contributed by atoms with Crippen LogP contribution >= 0.6 is 0 Å². The summed E-state index contributed by atoms with van der Waals surface area (Å²) in [6.07, 6.45) is 6.22. The molecule has 0 aliphatic rings. The fourth-order valence-electron chi connectivity index (χ4n) is 1.06. The van der Waals surface area contributed by atoms with Crippen molar-refractivity contribution in [2.75, 3.05) is 0 Å². The molecule has 0 aliphatic carbocycles. The summed E-state index contributed by atoms with van der Waals surface area (Å²) in [5.41, 5.74) is 2.85. The number of allylic oxidation sites excluding steroid dienone is 1. The lowest BCUT2D eigenvalue weighted by Gasteiger charge is -2.26. The third-order valence-corrected chi connectivity index (χ3v) is 2.03. The average molecular weight is 142 g/mol. The van der Waals surface area contributed by atoms with E-state index in [-0.39, 0.29) is 5.54 Å². The minimum atomic E-state index is 0.0226. The topological polar surface area (TPSA) is 38.0 Å². The predicted octanol–water partition coefficient (Wildman–Crippen LogP) is 1.58. The lowest BCUT2D eigenvalue weighted by molar-refractivity contribution is 0.384. The van der Waals surface area contributed by atoms with Gasteiger partial charge in [-0.25, -0.2) is 0 Å². The largest absolute Gasteiger partial charge is 0.271 e. The molecule has 0 amide bonds. The maximum atomic E-state index is 5.41. The van der Waals surface area contributed by atoms with Crippen molar-refractivity contribution in [3.63, 3.8) is 0 Å². The Morgan fingerprint density at radius 3 is 2.00 bits per heavy atom. The molecule has 0 aromatic heterocycles. The molecule has 0 aromatic rings. The monoisotopic (exact) mass is 142 g/mol. The van der Waals surface area contributed by atoms with Crippen molar-refractivity contribution < 1.29 is 0 Å². The number of hydrogen-bond acceptors (Lipinski definition) is 2. The highest BCUT2D eigenvalue weighted by molar-refractivity contribution is 5.03. The molecule has 0 saturated carbocycles. The van der Waals surface area contributed by atoms with Crippen LogP contribution in [-0.2, 0) is 0 Å². The number of nitrogens with one attached hydrogen (secondary N) is 1. The molecule has 0 atom stereocenters. The molecule has 0 fully saturated rings. The van der Waals surface area contributed by atoms with Crippen LogP contribution in [0.3, 0.4) is 0 Å². The first-order valence-electron chi connectivity index (χ1n) is 3.86. The van der Waals surface area contributed by atoms with Crippen molar-refractivity contribution in [3.8, 4) is 0 Å². The summed E-state index contributed by atoms with van der Waals surface area (Å²) in [6, 6.07) is 0. The highest BCUT2D eigenvalue weighted by Crippen LogP contribution is 2.14. The third kappa shape index (κ3) is 2.12. The van der Waals surface area contributed by atoms with Crippen LogP contribution in [0.2, 0.25) is 0 Å². The molecule has 0 heterocycles. The first-order valence-corrected chi connectivity index (χ1v) is 3.86. The second kappa shape index (κ2) is 4.47. The van der Waals surface area contributed by atoms with Gasteiger partial charge in [0, 0.05) is 5.54 Å². The lowest BCUT2D eigenvalue weighted by Crippen LogP contribution is -2.46. The van der Waals surface area contributed by atoms with Crippen molar-refractivity contribution in [2.24, 2.45) is 5.84 Å². The van der Waals surface area contributed by atoms with Crippen molar-refractivity contribution in [1.29, 1.82) is 0 Å². The van der Waals surface area contributed by atoms with Gasteiger partial charge in [0.25, 0.3) is 0 Å². The van der Waals surface area contributed by atoms with Crippen LogP contribution in [0.4, 0.5) is 0 Å². The Morgan fingerprint density at radius 2 is 1.90 bits per heavy atom. The summed E-state index contributed by atoms with van der Waals surface area (Å²) in [4.78, 5) is 0. The molecule has 10 heavy (non-hydrogen) atoms. The molecule has 0 bridgehead atoms. The van der Waals surface area contributed by atoms with Crippen LogP contribution in [0.15, 0.2) is 12.2 Å². The molecule has 3 N–H and O–H groups in total. The Morgan fingerprint density at radius 1 is 1.40 bits per heavy atom. The van der Waals surface area contributed by atoms with Gasteiger partial charge in [0.1, 0.15) is 0 Å². The van der Waals surface area contributed by atoms with Crippen LogP contribution in [0.5, 0.6) is 0 Å². The van der Waals surface area contributed by atoms with E-state index in [1.807, 2.05) is 13.0 Å². The van der Waals surface area contributed by atoms with Gasteiger partial charge >= 0.3 is 0 Å². The maximum absolute atomic E-state index is 5.41. The van der Waals surface area contributed by atoms with Crippen LogP contribution in [0, 0.1) is 0 Å². The van der Waals surface area contributed by atoms with Gasteiger partial charge in [-0.3, -0.25) is 11.3 Å². The molecule has 60 valence electrons. The lowest BCUT2D eigenvalue weighted by atomic mass is 9.93. The van der Waals surface area contributed by atoms with E-state index in [1.54, 1.807) is 0 Å². The Kier molecular flexibility index (Phi) is 4.32. The van der Waals surface area contributed by atoms with Crippen LogP contribution in [-0.4, -0.2) is 5.54 Å². The summed E-state index contributed by atoms with van der Waals surface area (Å²) in [7, 11) is 0. The molecular formula is C8H18N2. The summed E-state index contributed by atoms with van der Waals surface area (Å²) in [5, 5.41) is 0. The van der Waals surface area contributed by atoms with Gasteiger partial charge in [0.15, 0.2) is 0 Å².